The highest BCUT2D eigenvalue weighted by molar-refractivity contribution is 6.31. The van der Waals surface area contributed by atoms with Gasteiger partial charge >= 0.3 is 0 Å². The molecule has 1 amide bonds. The second-order valence-corrected chi connectivity index (χ2v) is 6.34. The van der Waals surface area contributed by atoms with E-state index in [1.165, 1.54) is 30.3 Å². The van der Waals surface area contributed by atoms with Crippen molar-refractivity contribution in [3.05, 3.63) is 99.3 Å². The molecule has 6 heteroatoms. The first-order chi connectivity index (χ1) is 12.5. The van der Waals surface area contributed by atoms with Gasteiger partial charge in [0.05, 0.1) is 11.3 Å². The fourth-order valence-electron chi connectivity index (χ4n) is 2.42. The third-order valence-electron chi connectivity index (χ3n) is 3.69. The number of benzene rings is 3. The molecule has 0 aliphatic heterocycles. The molecule has 3 rings (SSSR count). The minimum atomic E-state index is -0.750. The van der Waals surface area contributed by atoms with Gasteiger partial charge in [0, 0.05) is 21.2 Å². The Morgan fingerprint density at radius 1 is 0.808 bits per heavy atom. The van der Waals surface area contributed by atoms with E-state index >= 15 is 0 Å². The van der Waals surface area contributed by atoms with E-state index in [0.717, 1.165) is 6.07 Å². The number of anilines is 1. The van der Waals surface area contributed by atoms with Crippen molar-refractivity contribution in [2.75, 3.05) is 5.32 Å². The molecule has 0 bridgehead atoms. The second kappa shape index (κ2) is 7.68. The summed E-state index contributed by atoms with van der Waals surface area (Å²) in [7, 11) is 0. The lowest BCUT2D eigenvalue weighted by molar-refractivity contribution is 0.102. The third-order valence-corrected chi connectivity index (χ3v) is 4.16. The van der Waals surface area contributed by atoms with Crippen LogP contribution >= 0.6 is 23.2 Å². The molecule has 130 valence electrons. The predicted molar refractivity (Wildman–Crippen MR) is 101 cm³/mol. The molecule has 0 spiro atoms. The summed E-state index contributed by atoms with van der Waals surface area (Å²) < 4.78 is 14.0. The van der Waals surface area contributed by atoms with Crippen LogP contribution in [0.25, 0.3) is 0 Å². The molecule has 1 N–H and O–H groups in total. The monoisotopic (exact) mass is 387 g/mol. The zero-order valence-corrected chi connectivity index (χ0v) is 14.8. The largest absolute Gasteiger partial charge is 0.321 e. The van der Waals surface area contributed by atoms with Crippen molar-refractivity contribution in [2.45, 2.75) is 0 Å². The second-order valence-electron chi connectivity index (χ2n) is 5.46. The van der Waals surface area contributed by atoms with E-state index < -0.39 is 11.7 Å². The van der Waals surface area contributed by atoms with E-state index in [0.29, 0.717) is 10.6 Å². The average Bonchev–Trinajstić information content (AvgIpc) is 2.63. The predicted octanol–water partition coefficient (Wildman–Crippen LogP) is 5.62. The van der Waals surface area contributed by atoms with E-state index in [1.807, 2.05) is 0 Å². The summed E-state index contributed by atoms with van der Waals surface area (Å²) >= 11 is 11.7. The zero-order valence-electron chi connectivity index (χ0n) is 13.3. The van der Waals surface area contributed by atoms with Gasteiger partial charge in [0.25, 0.3) is 5.91 Å². The van der Waals surface area contributed by atoms with Crippen molar-refractivity contribution >= 4 is 40.6 Å². The van der Waals surface area contributed by atoms with E-state index in [-0.39, 0.29) is 27.6 Å². The lowest BCUT2D eigenvalue weighted by Crippen LogP contribution is -2.16. The minimum Gasteiger partial charge on any atom is -0.321 e. The lowest BCUT2D eigenvalue weighted by Gasteiger charge is -2.12. The van der Waals surface area contributed by atoms with Crippen molar-refractivity contribution < 1.29 is 14.0 Å². The molecule has 0 radical (unpaired) electrons. The maximum atomic E-state index is 14.0. The molecule has 26 heavy (non-hydrogen) atoms. The lowest BCUT2D eigenvalue weighted by atomic mass is 10.0. The molecule has 3 aromatic rings. The first-order valence-corrected chi connectivity index (χ1v) is 8.37. The van der Waals surface area contributed by atoms with Crippen molar-refractivity contribution in [2.24, 2.45) is 0 Å². The number of halogens is 3. The summed E-state index contributed by atoms with van der Waals surface area (Å²) in [6.45, 7) is 0. The molecule has 0 saturated carbocycles. The average molecular weight is 388 g/mol. The molecular weight excluding hydrogens is 376 g/mol. The van der Waals surface area contributed by atoms with Crippen LogP contribution in [0.1, 0.15) is 26.3 Å². The van der Waals surface area contributed by atoms with Gasteiger partial charge in [0.15, 0.2) is 5.78 Å². The van der Waals surface area contributed by atoms with Crippen LogP contribution in [0.5, 0.6) is 0 Å². The van der Waals surface area contributed by atoms with Crippen LogP contribution in [0, 0.1) is 5.82 Å². The van der Waals surface area contributed by atoms with Crippen LogP contribution in [-0.2, 0) is 0 Å². The third kappa shape index (κ3) is 3.93. The summed E-state index contributed by atoms with van der Waals surface area (Å²) in [5.41, 5.74) is 0.722. The van der Waals surface area contributed by atoms with Crippen molar-refractivity contribution in [3.8, 4) is 0 Å². The summed E-state index contributed by atoms with van der Waals surface area (Å²) in [6, 6.07) is 16.8. The van der Waals surface area contributed by atoms with Crippen LogP contribution < -0.4 is 5.32 Å². The van der Waals surface area contributed by atoms with Gasteiger partial charge in [-0.05, 0) is 36.4 Å². The molecular formula is C20H12Cl2FNO2. The highest BCUT2D eigenvalue weighted by Gasteiger charge is 2.18. The molecule has 3 nitrogen and oxygen atoms in total. The normalized spacial score (nSPS) is 10.4. The molecule has 0 heterocycles. The SMILES string of the molecule is O=C(Nc1ccc(Cl)cc1C(=O)c1ccccc1)c1ccc(Cl)cc1F. The Kier molecular flexibility index (Phi) is 5.35. The molecule has 0 fully saturated rings. The number of nitrogens with one attached hydrogen (secondary N) is 1. The number of hydrogen-bond acceptors (Lipinski definition) is 2. The molecule has 3 aromatic carbocycles. The molecule has 0 aromatic heterocycles. The van der Waals surface area contributed by atoms with E-state index in [9.17, 15) is 14.0 Å². The van der Waals surface area contributed by atoms with Crippen LogP contribution in [0.3, 0.4) is 0 Å². The first-order valence-electron chi connectivity index (χ1n) is 7.61. The Morgan fingerprint density at radius 2 is 1.46 bits per heavy atom. The van der Waals surface area contributed by atoms with Gasteiger partial charge in [-0.2, -0.15) is 0 Å². The maximum Gasteiger partial charge on any atom is 0.258 e. The standard InChI is InChI=1S/C20H12Cl2FNO2/c21-13-7-9-18(16(10-13)19(25)12-4-2-1-3-5-12)24-20(26)15-8-6-14(22)11-17(15)23/h1-11H,(H,24,26). The Hall–Kier alpha value is -2.69. The smallest absolute Gasteiger partial charge is 0.258 e. The van der Waals surface area contributed by atoms with E-state index in [4.69, 9.17) is 23.2 Å². The maximum absolute atomic E-state index is 14.0. The van der Waals surface area contributed by atoms with Gasteiger partial charge in [-0.15, -0.1) is 0 Å². The van der Waals surface area contributed by atoms with Crippen LogP contribution in [-0.4, -0.2) is 11.7 Å². The molecule has 0 aliphatic rings. The summed E-state index contributed by atoms with van der Waals surface area (Å²) in [6.07, 6.45) is 0. The van der Waals surface area contributed by atoms with Gasteiger partial charge in [0.2, 0.25) is 0 Å². The number of hydrogen-bond donors (Lipinski definition) is 1. The van der Waals surface area contributed by atoms with Gasteiger partial charge in [-0.1, -0.05) is 53.5 Å². The van der Waals surface area contributed by atoms with Crippen molar-refractivity contribution in [1.29, 1.82) is 0 Å². The fraction of sp³-hybridized carbons (Fsp3) is 0. The summed E-state index contributed by atoms with van der Waals surface area (Å²) in [5, 5.41) is 3.10. The highest BCUT2D eigenvalue weighted by Crippen LogP contribution is 2.25. The quantitative estimate of drug-likeness (QED) is 0.590. The van der Waals surface area contributed by atoms with Crippen molar-refractivity contribution in [3.63, 3.8) is 0 Å². The molecule has 0 saturated heterocycles. The number of carbonyl (C=O) groups excluding carboxylic acids is 2. The molecule has 0 aliphatic carbocycles. The van der Waals surface area contributed by atoms with Gasteiger partial charge in [-0.25, -0.2) is 4.39 Å². The Morgan fingerprint density at radius 3 is 2.15 bits per heavy atom. The Labute approximate surface area is 159 Å². The topological polar surface area (TPSA) is 46.2 Å². The summed E-state index contributed by atoms with van der Waals surface area (Å²) in [4.78, 5) is 25.2. The van der Waals surface area contributed by atoms with Crippen LogP contribution in [0.2, 0.25) is 10.0 Å². The first kappa shape index (κ1) is 18.1. The van der Waals surface area contributed by atoms with Gasteiger partial charge in [-0.3, -0.25) is 9.59 Å². The van der Waals surface area contributed by atoms with Gasteiger partial charge in [0.1, 0.15) is 5.82 Å². The molecule has 0 unspecified atom stereocenters. The van der Waals surface area contributed by atoms with Crippen molar-refractivity contribution in [1.82, 2.24) is 0 Å². The summed E-state index contributed by atoms with van der Waals surface area (Å²) in [5.74, 6) is -1.75. The van der Waals surface area contributed by atoms with Crippen LogP contribution in [0.4, 0.5) is 10.1 Å². The Balaban J connectivity index is 1.95. The molecule has 0 atom stereocenters. The number of ketones is 1. The van der Waals surface area contributed by atoms with Gasteiger partial charge < -0.3 is 5.32 Å². The highest BCUT2D eigenvalue weighted by atomic mass is 35.5. The fourth-order valence-corrected chi connectivity index (χ4v) is 2.75. The number of carbonyl (C=O) groups is 2. The van der Waals surface area contributed by atoms with Crippen LogP contribution in [0.15, 0.2) is 66.7 Å². The number of amides is 1. The zero-order chi connectivity index (χ0) is 18.7. The minimum absolute atomic E-state index is 0.178. The van der Waals surface area contributed by atoms with E-state index in [1.54, 1.807) is 30.3 Å². The Bertz CT molecular complexity index is 990. The number of rotatable bonds is 4. The van der Waals surface area contributed by atoms with E-state index in [2.05, 4.69) is 5.32 Å².